The van der Waals surface area contributed by atoms with Gasteiger partial charge in [0.1, 0.15) is 5.82 Å². The molecule has 0 aromatic heterocycles. The Morgan fingerprint density at radius 3 is 2.71 bits per heavy atom. The van der Waals surface area contributed by atoms with Crippen molar-refractivity contribution < 1.29 is 18.3 Å². The Morgan fingerprint density at radius 1 is 1.29 bits per heavy atom. The van der Waals surface area contributed by atoms with Gasteiger partial charge in [0.25, 0.3) is 0 Å². The first kappa shape index (κ1) is 19.6. The SMILES string of the molecule is CCNCCNC(=O)CCCOc1ccc(F)cc1F.Cl. The van der Waals surface area contributed by atoms with Crippen LogP contribution in [0.25, 0.3) is 0 Å². The van der Waals surface area contributed by atoms with Gasteiger partial charge in [-0.25, -0.2) is 8.78 Å². The maximum absolute atomic E-state index is 13.2. The van der Waals surface area contributed by atoms with E-state index in [4.69, 9.17) is 4.74 Å². The van der Waals surface area contributed by atoms with Crippen LogP contribution in [0.4, 0.5) is 8.78 Å². The van der Waals surface area contributed by atoms with Crippen LogP contribution >= 0.6 is 12.4 Å². The third-order valence-electron chi connectivity index (χ3n) is 2.57. The number of hydrogen-bond acceptors (Lipinski definition) is 3. The van der Waals surface area contributed by atoms with Gasteiger partial charge in [-0.3, -0.25) is 4.79 Å². The molecule has 1 aromatic carbocycles. The molecule has 7 heteroatoms. The first-order chi connectivity index (χ1) is 9.63. The molecule has 0 bridgehead atoms. The maximum Gasteiger partial charge on any atom is 0.220 e. The second-order valence-corrected chi connectivity index (χ2v) is 4.23. The Kier molecular flexibility index (Phi) is 10.5. The highest BCUT2D eigenvalue weighted by atomic mass is 35.5. The fourth-order valence-electron chi connectivity index (χ4n) is 1.56. The molecule has 0 radical (unpaired) electrons. The molecule has 4 nitrogen and oxygen atoms in total. The van der Waals surface area contributed by atoms with Crippen LogP contribution in [0.15, 0.2) is 18.2 Å². The molecule has 0 aliphatic heterocycles. The van der Waals surface area contributed by atoms with Gasteiger partial charge in [0, 0.05) is 25.6 Å². The molecule has 0 saturated heterocycles. The predicted octanol–water partition coefficient (Wildman–Crippen LogP) is 2.27. The second-order valence-electron chi connectivity index (χ2n) is 4.23. The van der Waals surface area contributed by atoms with E-state index < -0.39 is 11.6 Å². The van der Waals surface area contributed by atoms with E-state index in [0.717, 1.165) is 25.2 Å². The van der Waals surface area contributed by atoms with Crippen LogP contribution < -0.4 is 15.4 Å². The maximum atomic E-state index is 13.2. The normalized spacial score (nSPS) is 9.86. The van der Waals surface area contributed by atoms with Crippen LogP contribution in [0.1, 0.15) is 19.8 Å². The van der Waals surface area contributed by atoms with Gasteiger partial charge in [-0.2, -0.15) is 0 Å². The van der Waals surface area contributed by atoms with E-state index in [1.54, 1.807) is 0 Å². The summed E-state index contributed by atoms with van der Waals surface area (Å²) in [5.41, 5.74) is 0. The Labute approximate surface area is 129 Å². The molecule has 2 N–H and O–H groups in total. The van der Waals surface area contributed by atoms with Crippen molar-refractivity contribution in [2.45, 2.75) is 19.8 Å². The third kappa shape index (κ3) is 8.47. The largest absolute Gasteiger partial charge is 0.491 e. The molecule has 0 unspecified atom stereocenters. The van der Waals surface area contributed by atoms with Crippen molar-refractivity contribution >= 4 is 18.3 Å². The first-order valence-corrected chi connectivity index (χ1v) is 6.68. The molecule has 0 aliphatic carbocycles. The summed E-state index contributed by atoms with van der Waals surface area (Å²) in [5.74, 6) is -1.44. The van der Waals surface area contributed by atoms with Gasteiger partial charge in [0.05, 0.1) is 6.61 Å². The molecule has 21 heavy (non-hydrogen) atoms. The monoisotopic (exact) mass is 322 g/mol. The summed E-state index contributed by atoms with van der Waals surface area (Å²) in [4.78, 5) is 11.4. The number of nitrogens with one attached hydrogen (secondary N) is 2. The summed E-state index contributed by atoms with van der Waals surface area (Å²) < 4.78 is 31.0. The van der Waals surface area contributed by atoms with E-state index in [1.165, 1.54) is 6.07 Å². The average Bonchev–Trinajstić information content (AvgIpc) is 2.41. The Morgan fingerprint density at radius 2 is 2.05 bits per heavy atom. The molecule has 0 spiro atoms. The first-order valence-electron chi connectivity index (χ1n) is 6.68. The number of halogens is 3. The molecule has 0 heterocycles. The summed E-state index contributed by atoms with van der Waals surface area (Å²) in [6.07, 6.45) is 0.790. The van der Waals surface area contributed by atoms with Crippen molar-refractivity contribution in [3.05, 3.63) is 29.8 Å². The van der Waals surface area contributed by atoms with Gasteiger partial charge in [0.15, 0.2) is 11.6 Å². The smallest absolute Gasteiger partial charge is 0.220 e. The number of likely N-dealkylation sites (N-methyl/N-ethyl adjacent to an activating group) is 1. The van der Waals surface area contributed by atoms with E-state index in [0.29, 0.717) is 19.4 Å². The minimum absolute atomic E-state index is 0. The van der Waals surface area contributed by atoms with E-state index >= 15 is 0 Å². The van der Waals surface area contributed by atoms with E-state index in [1.807, 2.05) is 6.92 Å². The number of amides is 1. The summed E-state index contributed by atoms with van der Waals surface area (Å²) >= 11 is 0. The Balaban J connectivity index is 0.00000400. The zero-order chi connectivity index (χ0) is 14.8. The van der Waals surface area contributed by atoms with Crippen LogP contribution in [0.5, 0.6) is 5.75 Å². The van der Waals surface area contributed by atoms with Crippen LogP contribution in [0.2, 0.25) is 0 Å². The summed E-state index contributed by atoms with van der Waals surface area (Å²) in [5, 5.41) is 5.85. The van der Waals surface area contributed by atoms with Crippen LogP contribution in [0.3, 0.4) is 0 Å². The number of ether oxygens (including phenoxy) is 1. The van der Waals surface area contributed by atoms with Crippen LogP contribution in [-0.4, -0.2) is 32.1 Å². The number of rotatable bonds is 9. The highest BCUT2D eigenvalue weighted by Crippen LogP contribution is 2.17. The van der Waals surface area contributed by atoms with Crippen molar-refractivity contribution in [1.82, 2.24) is 10.6 Å². The zero-order valence-corrected chi connectivity index (χ0v) is 12.8. The van der Waals surface area contributed by atoms with Crippen molar-refractivity contribution in [2.75, 3.05) is 26.2 Å². The molecule has 120 valence electrons. The van der Waals surface area contributed by atoms with Gasteiger partial charge in [0.2, 0.25) is 5.91 Å². The molecular weight excluding hydrogens is 302 g/mol. The standard InChI is InChI=1S/C14H20F2N2O2.ClH/c1-2-17-7-8-18-14(19)4-3-9-20-13-6-5-11(15)10-12(13)16;/h5-6,10,17H,2-4,7-9H2,1H3,(H,18,19);1H. The van der Waals surface area contributed by atoms with Gasteiger partial charge in [-0.05, 0) is 25.1 Å². The van der Waals surface area contributed by atoms with Gasteiger partial charge >= 0.3 is 0 Å². The highest BCUT2D eigenvalue weighted by molar-refractivity contribution is 5.85. The average molecular weight is 323 g/mol. The quantitative estimate of drug-likeness (QED) is 0.686. The molecule has 0 saturated carbocycles. The lowest BCUT2D eigenvalue weighted by Gasteiger charge is -2.08. The number of carbonyl (C=O) groups is 1. The van der Waals surface area contributed by atoms with Crippen LogP contribution in [-0.2, 0) is 4.79 Å². The van der Waals surface area contributed by atoms with Gasteiger partial charge < -0.3 is 15.4 Å². The number of hydrogen-bond donors (Lipinski definition) is 2. The van der Waals surface area contributed by atoms with Crippen molar-refractivity contribution in [1.29, 1.82) is 0 Å². The highest BCUT2D eigenvalue weighted by Gasteiger charge is 2.05. The molecule has 1 amide bonds. The summed E-state index contributed by atoms with van der Waals surface area (Å²) in [7, 11) is 0. The summed E-state index contributed by atoms with van der Waals surface area (Å²) in [6, 6.07) is 3.13. The molecule has 0 fully saturated rings. The second kappa shape index (κ2) is 11.3. The van der Waals surface area contributed by atoms with Crippen molar-refractivity contribution in [3.63, 3.8) is 0 Å². The minimum Gasteiger partial charge on any atom is -0.491 e. The van der Waals surface area contributed by atoms with Crippen molar-refractivity contribution in [2.24, 2.45) is 0 Å². The molecule has 0 aliphatic rings. The zero-order valence-electron chi connectivity index (χ0n) is 12.0. The van der Waals surface area contributed by atoms with Crippen LogP contribution in [0, 0.1) is 11.6 Å². The fourth-order valence-corrected chi connectivity index (χ4v) is 1.56. The molecular formula is C14H21ClF2N2O2. The lowest BCUT2D eigenvalue weighted by atomic mass is 10.3. The lowest BCUT2D eigenvalue weighted by molar-refractivity contribution is -0.121. The topological polar surface area (TPSA) is 50.4 Å². The Bertz CT molecular complexity index is 433. The fraction of sp³-hybridized carbons (Fsp3) is 0.500. The van der Waals surface area contributed by atoms with Crippen molar-refractivity contribution in [3.8, 4) is 5.75 Å². The van der Waals surface area contributed by atoms with Gasteiger partial charge in [-0.1, -0.05) is 6.92 Å². The Hall–Kier alpha value is -1.40. The lowest BCUT2D eigenvalue weighted by Crippen LogP contribution is -2.31. The number of benzene rings is 1. The third-order valence-corrected chi connectivity index (χ3v) is 2.57. The van der Waals surface area contributed by atoms with E-state index in [-0.39, 0.29) is 30.7 Å². The summed E-state index contributed by atoms with van der Waals surface area (Å²) in [6.45, 7) is 4.39. The van der Waals surface area contributed by atoms with E-state index in [2.05, 4.69) is 10.6 Å². The van der Waals surface area contributed by atoms with Gasteiger partial charge in [-0.15, -0.1) is 12.4 Å². The van der Waals surface area contributed by atoms with E-state index in [9.17, 15) is 13.6 Å². The molecule has 1 aromatic rings. The predicted molar refractivity (Wildman–Crippen MR) is 79.9 cm³/mol. The number of carbonyl (C=O) groups excluding carboxylic acids is 1. The molecule has 0 atom stereocenters. The minimum atomic E-state index is -0.736. The molecule has 1 rings (SSSR count).